The van der Waals surface area contributed by atoms with Crippen LogP contribution in [0.3, 0.4) is 0 Å². The zero-order chi connectivity index (χ0) is 23.2. The highest BCUT2D eigenvalue weighted by molar-refractivity contribution is 6.09. The van der Waals surface area contributed by atoms with Gasteiger partial charge in [0.05, 0.1) is 13.2 Å². The first-order valence-electron chi connectivity index (χ1n) is 12.3. The Morgan fingerprint density at radius 1 is 0.912 bits per heavy atom. The molecule has 3 heterocycles. The van der Waals surface area contributed by atoms with Crippen molar-refractivity contribution < 1.29 is 14.3 Å². The number of carbonyl (C=O) groups is 1. The van der Waals surface area contributed by atoms with Crippen molar-refractivity contribution in [1.82, 2.24) is 9.88 Å². The zero-order valence-corrected chi connectivity index (χ0v) is 19.5. The molecule has 1 amide bonds. The number of amides is 1. The predicted octanol–water partition coefficient (Wildman–Crippen LogP) is 4.19. The molecular formula is C27H32N4O3. The standard InChI is InChI=1S/C27H32N4O3/c32-27(24-9-6-10-26(28-24)31-13-4-1-5-14-31)29-23-11-12-25(22-8-3-2-7-21(22)23)34-20-17-30-15-18-33-19-16-30/h2-3,6-12H,1,4-5,13-20H2,(H,29,32). The first-order chi connectivity index (χ1) is 16.8. The van der Waals surface area contributed by atoms with Gasteiger partial charge in [0.25, 0.3) is 5.91 Å². The van der Waals surface area contributed by atoms with Gasteiger partial charge in [-0.25, -0.2) is 4.98 Å². The van der Waals surface area contributed by atoms with E-state index in [2.05, 4.69) is 20.1 Å². The normalized spacial score (nSPS) is 17.0. The number of benzene rings is 2. The van der Waals surface area contributed by atoms with Crippen LogP contribution in [0.2, 0.25) is 0 Å². The Hall–Kier alpha value is -3.16. The number of carbonyl (C=O) groups excluding carboxylic acids is 1. The minimum atomic E-state index is -0.204. The van der Waals surface area contributed by atoms with E-state index in [1.54, 1.807) is 6.07 Å². The maximum atomic E-state index is 13.1. The quantitative estimate of drug-likeness (QED) is 0.570. The lowest BCUT2D eigenvalue weighted by atomic mass is 10.1. The van der Waals surface area contributed by atoms with Crippen LogP contribution in [0.25, 0.3) is 10.8 Å². The monoisotopic (exact) mass is 460 g/mol. The van der Waals surface area contributed by atoms with Gasteiger partial charge in [-0.05, 0) is 43.5 Å². The SMILES string of the molecule is O=C(Nc1ccc(OCCN2CCOCC2)c2ccccc12)c1cccc(N2CCCCC2)n1. The second-order valence-electron chi connectivity index (χ2n) is 8.84. The van der Waals surface area contributed by atoms with Gasteiger partial charge in [0.15, 0.2) is 0 Å². The van der Waals surface area contributed by atoms with Crippen molar-refractivity contribution >= 4 is 28.2 Å². The number of nitrogens with zero attached hydrogens (tertiary/aromatic N) is 3. The van der Waals surface area contributed by atoms with E-state index in [1.165, 1.54) is 19.3 Å². The molecule has 3 aromatic rings. The molecular weight excluding hydrogens is 428 g/mol. The van der Waals surface area contributed by atoms with Gasteiger partial charge in [-0.2, -0.15) is 0 Å². The third-order valence-electron chi connectivity index (χ3n) is 6.55. The number of morpholine rings is 1. The lowest BCUT2D eigenvalue weighted by molar-refractivity contribution is 0.0323. The molecule has 2 fully saturated rings. The number of aromatic nitrogens is 1. The van der Waals surface area contributed by atoms with Crippen molar-refractivity contribution in [2.24, 2.45) is 0 Å². The van der Waals surface area contributed by atoms with Gasteiger partial charge in [0, 0.05) is 49.2 Å². The van der Waals surface area contributed by atoms with Crippen molar-refractivity contribution in [2.75, 3.05) is 62.8 Å². The first kappa shape index (κ1) is 22.6. The average molecular weight is 461 g/mol. The molecule has 1 N–H and O–H groups in total. The van der Waals surface area contributed by atoms with Gasteiger partial charge in [-0.3, -0.25) is 9.69 Å². The Balaban J connectivity index is 1.29. The Morgan fingerprint density at radius 2 is 1.71 bits per heavy atom. The molecule has 2 aliphatic rings. The zero-order valence-electron chi connectivity index (χ0n) is 19.5. The van der Waals surface area contributed by atoms with E-state index in [9.17, 15) is 4.79 Å². The molecule has 0 radical (unpaired) electrons. The molecule has 178 valence electrons. The van der Waals surface area contributed by atoms with Crippen molar-refractivity contribution in [3.63, 3.8) is 0 Å². The fourth-order valence-electron chi connectivity index (χ4n) is 4.65. The van der Waals surface area contributed by atoms with Crippen LogP contribution in [-0.2, 0) is 4.74 Å². The molecule has 5 rings (SSSR count). The highest BCUT2D eigenvalue weighted by Crippen LogP contribution is 2.32. The highest BCUT2D eigenvalue weighted by atomic mass is 16.5. The molecule has 0 atom stereocenters. The number of hydrogen-bond donors (Lipinski definition) is 1. The lowest BCUT2D eigenvalue weighted by Crippen LogP contribution is -2.38. The maximum absolute atomic E-state index is 13.1. The van der Waals surface area contributed by atoms with Gasteiger partial charge < -0.3 is 19.7 Å². The van der Waals surface area contributed by atoms with Crippen molar-refractivity contribution in [1.29, 1.82) is 0 Å². The Labute approximate surface area is 200 Å². The van der Waals surface area contributed by atoms with Crippen LogP contribution in [0, 0.1) is 0 Å². The molecule has 0 unspecified atom stereocenters. The minimum absolute atomic E-state index is 0.204. The Morgan fingerprint density at radius 3 is 2.53 bits per heavy atom. The summed E-state index contributed by atoms with van der Waals surface area (Å²) in [5.41, 5.74) is 1.18. The average Bonchev–Trinajstić information content (AvgIpc) is 2.91. The summed E-state index contributed by atoms with van der Waals surface area (Å²) >= 11 is 0. The number of hydrogen-bond acceptors (Lipinski definition) is 6. The molecule has 0 saturated carbocycles. The molecule has 7 nitrogen and oxygen atoms in total. The largest absolute Gasteiger partial charge is 0.492 e. The van der Waals surface area contributed by atoms with Crippen molar-refractivity contribution in [2.45, 2.75) is 19.3 Å². The van der Waals surface area contributed by atoms with E-state index in [-0.39, 0.29) is 5.91 Å². The van der Waals surface area contributed by atoms with Crippen LogP contribution in [0.15, 0.2) is 54.6 Å². The van der Waals surface area contributed by atoms with E-state index in [0.29, 0.717) is 12.3 Å². The smallest absolute Gasteiger partial charge is 0.274 e. The molecule has 34 heavy (non-hydrogen) atoms. The first-order valence-corrected chi connectivity index (χ1v) is 12.3. The fourth-order valence-corrected chi connectivity index (χ4v) is 4.65. The van der Waals surface area contributed by atoms with Crippen LogP contribution < -0.4 is 15.0 Å². The van der Waals surface area contributed by atoms with Crippen molar-refractivity contribution in [3.05, 3.63) is 60.3 Å². The fraction of sp³-hybridized carbons (Fsp3) is 0.407. The number of ether oxygens (including phenoxy) is 2. The van der Waals surface area contributed by atoms with Gasteiger partial charge in [0.1, 0.15) is 23.9 Å². The van der Waals surface area contributed by atoms with Gasteiger partial charge in [-0.1, -0.05) is 30.3 Å². The number of rotatable bonds is 7. The number of fused-ring (bicyclic) bond motifs is 1. The maximum Gasteiger partial charge on any atom is 0.274 e. The summed E-state index contributed by atoms with van der Waals surface area (Å²) in [7, 11) is 0. The van der Waals surface area contributed by atoms with E-state index in [0.717, 1.165) is 74.0 Å². The number of pyridine rings is 1. The van der Waals surface area contributed by atoms with Crippen LogP contribution >= 0.6 is 0 Å². The number of nitrogens with one attached hydrogen (secondary N) is 1. The topological polar surface area (TPSA) is 66.9 Å². The summed E-state index contributed by atoms with van der Waals surface area (Å²) in [6, 6.07) is 17.5. The van der Waals surface area contributed by atoms with Crippen LogP contribution in [-0.4, -0.2) is 68.3 Å². The van der Waals surface area contributed by atoms with Crippen LogP contribution in [0.1, 0.15) is 29.8 Å². The summed E-state index contributed by atoms with van der Waals surface area (Å²) in [6.07, 6.45) is 3.60. The molecule has 1 aromatic heterocycles. The molecule has 2 saturated heterocycles. The number of piperidine rings is 1. The molecule has 7 heteroatoms. The molecule has 0 aliphatic carbocycles. The summed E-state index contributed by atoms with van der Waals surface area (Å²) in [5.74, 6) is 1.50. The van der Waals surface area contributed by atoms with E-state index >= 15 is 0 Å². The van der Waals surface area contributed by atoms with Crippen LogP contribution in [0.4, 0.5) is 11.5 Å². The Kier molecular flexibility index (Phi) is 7.22. The van der Waals surface area contributed by atoms with E-state index in [4.69, 9.17) is 9.47 Å². The van der Waals surface area contributed by atoms with Gasteiger partial charge >= 0.3 is 0 Å². The van der Waals surface area contributed by atoms with Gasteiger partial charge in [-0.15, -0.1) is 0 Å². The summed E-state index contributed by atoms with van der Waals surface area (Å²) in [4.78, 5) is 22.4. The predicted molar refractivity (Wildman–Crippen MR) is 135 cm³/mol. The lowest BCUT2D eigenvalue weighted by Gasteiger charge is -2.27. The second-order valence-corrected chi connectivity index (χ2v) is 8.84. The van der Waals surface area contributed by atoms with E-state index in [1.807, 2.05) is 48.5 Å². The molecule has 2 aromatic carbocycles. The summed E-state index contributed by atoms with van der Waals surface area (Å²) < 4.78 is 11.5. The summed E-state index contributed by atoms with van der Waals surface area (Å²) in [5, 5.41) is 5.00. The Bertz CT molecular complexity index is 1120. The third-order valence-corrected chi connectivity index (χ3v) is 6.55. The molecule has 2 aliphatic heterocycles. The van der Waals surface area contributed by atoms with Crippen molar-refractivity contribution in [3.8, 4) is 5.75 Å². The number of anilines is 2. The third kappa shape index (κ3) is 5.32. The minimum Gasteiger partial charge on any atom is -0.492 e. The highest BCUT2D eigenvalue weighted by Gasteiger charge is 2.16. The van der Waals surface area contributed by atoms with E-state index < -0.39 is 0 Å². The van der Waals surface area contributed by atoms with Gasteiger partial charge in [0.2, 0.25) is 0 Å². The van der Waals surface area contributed by atoms with Crippen LogP contribution in [0.5, 0.6) is 5.75 Å². The molecule has 0 bridgehead atoms. The molecule has 0 spiro atoms. The second kappa shape index (κ2) is 10.8. The summed E-state index contributed by atoms with van der Waals surface area (Å²) in [6.45, 7) is 6.94.